The molecule has 0 saturated carbocycles. The maximum atomic E-state index is 12.5. The van der Waals surface area contributed by atoms with E-state index in [9.17, 15) is 9.90 Å². The van der Waals surface area contributed by atoms with Crippen molar-refractivity contribution in [2.75, 3.05) is 59.4 Å². The monoisotopic (exact) mass is 529 g/mol. The predicted octanol–water partition coefficient (Wildman–Crippen LogP) is 2.15. The highest BCUT2D eigenvalue weighted by atomic mass is 127. The van der Waals surface area contributed by atoms with E-state index in [1.54, 1.807) is 12.1 Å². The minimum absolute atomic E-state index is 0. The summed E-state index contributed by atoms with van der Waals surface area (Å²) in [5.41, 5.74) is 1.23. The molecule has 1 aromatic carbocycles. The fourth-order valence-corrected chi connectivity index (χ4v) is 4.04. The second-order valence-corrected chi connectivity index (χ2v) is 7.95. The van der Waals surface area contributed by atoms with Gasteiger partial charge in [-0.1, -0.05) is 12.1 Å². The molecular formula is C22H36IN5O2. The quantitative estimate of drug-likeness (QED) is 0.256. The van der Waals surface area contributed by atoms with Crippen LogP contribution in [-0.4, -0.2) is 91.1 Å². The van der Waals surface area contributed by atoms with Gasteiger partial charge in [0.15, 0.2) is 5.96 Å². The van der Waals surface area contributed by atoms with E-state index in [0.29, 0.717) is 12.3 Å². The molecule has 2 heterocycles. The van der Waals surface area contributed by atoms with Gasteiger partial charge in [-0.15, -0.1) is 24.0 Å². The van der Waals surface area contributed by atoms with Crippen molar-refractivity contribution >= 4 is 35.8 Å². The number of amides is 1. The summed E-state index contributed by atoms with van der Waals surface area (Å²) in [6.07, 6.45) is 5.52. The summed E-state index contributed by atoms with van der Waals surface area (Å²) in [7, 11) is 1.83. The number of aryl methyl sites for hydroxylation is 1. The molecule has 2 aliphatic rings. The van der Waals surface area contributed by atoms with Gasteiger partial charge in [0.05, 0.1) is 6.54 Å². The first-order valence-electron chi connectivity index (χ1n) is 10.9. The Morgan fingerprint density at radius 3 is 2.30 bits per heavy atom. The third-order valence-corrected chi connectivity index (χ3v) is 5.81. The number of benzene rings is 1. The average molecular weight is 529 g/mol. The molecule has 0 unspecified atom stereocenters. The molecule has 2 saturated heterocycles. The summed E-state index contributed by atoms with van der Waals surface area (Å²) in [5.74, 6) is 1.54. The fraction of sp³-hybridized carbons (Fsp3) is 0.636. The van der Waals surface area contributed by atoms with Crippen molar-refractivity contribution in [1.29, 1.82) is 0 Å². The van der Waals surface area contributed by atoms with Gasteiger partial charge in [-0.25, -0.2) is 0 Å². The number of aliphatic imine (C=N–C) groups is 1. The van der Waals surface area contributed by atoms with Gasteiger partial charge in [0, 0.05) is 52.9 Å². The molecule has 2 N–H and O–H groups in total. The zero-order valence-corrected chi connectivity index (χ0v) is 20.4. The van der Waals surface area contributed by atoms with E-state index in [-0.39, 0.29) is 29.9 Å². The number of rotatable bonds is 6. The SMILES string of the molecule is CN=C(NCCCc1ccc(O)cc1)N1CCN(CC(=O)N2CCCCC2)CC1.I. The number of phenols is 1. The molecule has 3 rings (SSSR count). The Morgan fingerprint density at radius 1 is 1.00 bits per heavy atom. The minimum atomic E-state index is 0. The summed E-state index contributed by atoms with van der Waals surface area (Å²) < 4.78 is 0. The molecule has 7 nitrogen and oxygen atoms in total. The molecule has 168 valence electrons. The number of nitrogens with one attached hydrogen (secondary N) is 1. The van der Waals surface area contributed by atoms with Crippen molar-refractivity contribution < 1.29 is 9.90 Å². The third kappa shape index (κ3) is 7.61. The predicted molar refractivity (Wildman–Crippen MR) is 132 cm³/mol. The van der Waals surface area contributed by atoms with Crippen LogP contribution in [0.4, 0.5) is 0 Å². The first kappa shape index (κ1) is 24.7. The highest BCUT2D eigenvalue weighted by Crippen LogP contribution is 2.12. The minimum Gasteiger partial charge on any atom is -0.508 e. The molecular weight excluding hydrogens is 493 g/mol. The Hall–Kier alpha value is -1.55. The zero-order chi connectivity index (χ0) is 20.5. The molecule has 0 aromatic heterocycles. The first-order valence-corrected chi connectivity index (χ1v) is 10.9. The maximum Gasteiger partial charge on any atom is 0.236 e. The fourth-order valence-electron chi connectivity index (χ4n) is 4.04. The van der Waals surface area contributed by atoms with Gasteiger partial charge in [0.2, 0.25) is 5.91 Å². The number of hydrogen-bond donors (Lipinski definition) is 2. The summed E-state index contributed by atoms with van der Waals surface area (Å²) >= 11 is 0. The summed E-state index contributed by atoms with van der Waals surface area (Å²) in [4.78, 5) is 23.5. The van der Waals surface area contributed by atoms with Gasteiger partial charge >= 0.3 is 0 Å². The molecule has 8 heteroatoms. The molecule has 0 aliphatic carbocycles. The molecule has 1 aromatic rings. The van der Waals surface area contributed by atoms with E-state index >= 15 is 0 Å². The molecule has 2 aliphatic heterocycles. The first-order chi connectivity index (χ1) is 14.2. The molecule has 0 atom stereocenters. The summed E-state index contributed by atoms with van der Waals surface area (Å²) in [5, 5.41) is 12.8. The van der Waals surface area contributed by atoms with Crippen molar-refractivity contribution in [2.24, 2.45) is 4.99 Å². The molecule has 0 spiro atoms. The molecule has 30 heavy (non-hydrogen) atoms. The number of halogens is 1. The van der Waals surface area contributed by atoms with Crippen molar-refractivity contribution in [2.45, 2.75) is 32.1 Å². The van der Waals surface area contributed by atoms with Crippen molar-refractivity contribution in [1.82, 2.24) is 20.0 Å². The van der Waals surface area contributed by atoms with Crippen molar-refractivity contribution in [3.05, 3.63) is 29.8 Å². The van der Waals surface area contributed by atoms with E-state index in [0.717, 1.165) is 77.5 Å². The van der Waals surface area contributed by atoms with E-state index in [1.165, 1.54) is 12.0 Å². The van der Waals surface area contributed by atoms with Gasteiger partial charge in [0.25, 0.3) is 0 Å². The smallest absolute Gasteiger partial charge is 0.236 e. The Kier molecular flexibility index (Phi) is 10.7. The second-order valence-electron chi connectivity index (χ2n) is 7.95. The Morgan fingerprint density at radius 2 is 1.67 bits per heavy atom. The van der Waals surface area contributed by atoms with E-state index in [1.807, 2.05) is 24.1 Å². The maximum absolute atomic E-state index is 12.5. The largest absolute Gasteiger partial charge is 0.508 e. The van der Waals surface area contributed by atoms with E-state index in [2.05, 4.69) is 20.1 Å². The summed E-state index contributed by atoms with van der Waals surface area (Å²) in [6, 6.07) is 7.40. The van der Waals surface area contributed by atoms with Crippen LogP contribution in [0, 0.1) is 0 Å². The topological polar surface area (TPSA) is 71.4 Å². The average Bonchev–Trinajstić information content (AvgIpc) is 2.76. The lowest BCUT2D eigenvalue weighted by atomic mass is 10.1. The van der Waals surface area contributed by atoms with Gasteiger partial charge in [-0.3, -0.25) is 14.7 Å². The van der Waals surface area contributed by atoms with Gasteiger partial charge in [-0.05, 0) is 49.8 Å². The lowest BCUT2D eigenvalue weighted by Gasteiger charge is -2.37. The lowest BCUT2D eigenvalue weighted by Crippen LogP contribution is -2.54. The zero-order valence-electron chi connectivity index (χ0n) is 18.1. The van der Waals surface area contributed by atoms with Crippen LogP contribution in [0.1, 0.15) is 31.2 Å². The van der Waals surface area contributed by atoms with Crippen LogP contribution in [0.2, 0.25) is 0 Å². The Balaban J connectivity index is 0.00000320. The normalized spacial score (nSPS) is 18.1. The highest BCUT2D eigenvalue weighted by Gasteiger charge is 2.23. The summed E-state index contributed by atoms with van der Waals surface area (Å²) in [6.45, 7) is 6.85. The molecule has 0 radical (unpaired) electrons. The number of carbonyl (C=O) groups is 1. The number of piperidine rings is 1. The number of phenolic OH excluding ortho intramolecular Hbond substituents is 1. The number of piperazine rings is 1. The van der Waals surface area contributed by atoms with Crippen LogP contribution in [0.3, 0.4) is 0 Å². The van der Waals surface area contributed by atoms with Crippen LogP contribution in [0.25, 0.3) is 0 Å². The van der Waals surface area contributed by atoms with Crippen LogP contribution >= 0.6 is 24.0 Å². The Bertz CT molecular complexity index is 669. The molecule has 0 bridgehead atoms. The number of carbonyl (C=O) groups excluding carboxylic acids is 1. The lowest BCUT2D eigenvalue weighted by molar-refractivity contribution is -0.133. The number of nitrogens with zero attached hydrogens (tertiary/aromatic N) is 4. The third-order valence-electron chi connectivity index (χ3n) is 5.81. The van der Waals surface area contributed by atoms with Crippen molar-refractivity contribution in [3.63, 3.8) is 0 Å². The van der Waals surface area contributed by atoms with Crippen LogP contribution in [-0.2, 0) is 11.2 Å². The van der Waals surface area contributed by atoms with Crippen LogP contribution < -0.4 is 5.32 Å². The highest BCUT2D eigenvalue weighted by molar-refractivity contribution is 14.0. The van der Waals surface area contributed by atoms with E-state index < -0.39 is 0 Å². The standard InChI is InChI=1S/C22H35N5O2.HI/c1-23-22(24-11-5-6-19-7-9-20(28)10-8-19)27-16-14-25(15-17-27)18-21(29)26-12-3-2-4-13-26;/h7-10,28H,2-6,11-18H2,1H3,(H,23,24);1H. The Labute approximate surface area is 197 Å². The molecule has 2 fully saturated rings. The number of aromatic hydroxyl groups is 1. The number of likely N-dealkylation sites (tertiary alicyclic amines) is 1. The van der Waals surface area contributed by atoms with Crippen LogP contribution in [0.5, 0.6) is 5.75 Å². The molecule has 1 amide bonds. The number of guanidine groups is 1. The van der Waals surface area contributed by atoms with Gasteiger partial charge in [0.1, 0.15) is 5.75 Å². The second kappa shape index (κ2) is 13.0. The van der Waals surface area contributed by atoms with Crippen LogP contribution in [0.15, 0.2) is 29.3 Å². The van der Waals surface area contributed by atoms with Gasteiger partial charge < -0.3 is 20.2 Å². The number of hydrogen-bond acceptors (Lipinski definition) is 4. The van der Waals surface area contributed by atoms with E-state index in [4.69, 9.17) is 0 Å². The van der Waals surface area contributed by atoms with Crippen molar-refractivity contribution in [3.8, 4) is 5.75 Å². The van der Waals surface area contributed by atoms with Gasteiger partial charge in [-0.2, -0.15) is 0 Å².